The number of alkyl carbamates (subject to hydrolysis) is 1. The molecule has 8 heteroatoms. The van der Waals surface area contributed by atoms with Crippen LogP contribution in [-0.4, -0.2) is 68.2 Å². The smallest absolute Gasteiger partial charge is 0.409 e. The van der Waals surface area contributed by atoms with E-state index in [9.17, 15) is 9.59 Å². The van der Waals surface area contributed by atoms with Gasteiger partial charge in [-0.05, 0) is 24.5 Å². The predicted octanol–water partition coefficient (Wildman–Crippen LogP) is 4.38. The van der Waals surface area contributed by atoms with Crippen molar-refractivity contribution in [2.24, 2.45) is 10.9 Å². The summed E-state index contributed by atoms with van der Waals surface area (Å²) in [6.45, 7) is 4.48. The minimum Gasteiger partial charge on any atom is -0.445 e. The highest BCUT2D eigenvalue weighted by atomic mass is 16.5. The van der Waals surface area contributed by atoms with E-state index in [2.05, 4.69) is 16.3 Å². The van der Waals surface area contributed by atoms with Crippen LogP contribution < -0.4 is 10.2 Å². The summed E-state index contributed by atoms with van der Waals surface area (Å²) < 4.78 is 11.0. The van der Waals surface area contributed by atoms with Gasteiger partial charge in [0.1, 0.15) is 6.61 Å². The number of benzene rings is 2. The molecule has 0 spiro atoms. The number of benzodiazepines with no additional fused rings is 1. The van der Waals surface area contributed by atoms with E-state index >= 15 is 0 Å². The van der Waals surface area contributed by atoms with E-state index in [-0.39, 0.29) is 18.4 Å². The van der Waals surface area contributed by atoms with Crippen LogP contribution in [0.3, 0.4) is 0 Å². The number of hydrogen-bond acceptors (Lipinski definition) is 6. The normalized spacial score (nSPS) is 21.2. The molecule has 2 aromatic rings. The fraction of sp³-hybridized carbons (Fsp3) is 0.500. The van der Waals surface area contributed by atoms with Crippen molar-refractivity contribution in [3.8, 4) is 0 Å². The number of aliphatic imine (C=N–C) groups is 1. The van der Waals surface area contributed by atoms with Crippen molar-refractivity contribution >= 4 is 23.4 Å². The SMILES string of the molecule is O=C(N[C@H]1N=C(C2CCCCCC2)c2ccccc2N(CCN2CCOCC2)C1=O)OCc1ccccc1. The summed E-state index contributed by atoms with van der Waals surface area (Å²) in [6.07, 6.45) is 5.16. The summed E-state index contributed by atoms with van der Waals surface area (Å²) in [4.78, 5) is 36.0. The van der Waals surface area contributed by atoms with Gasteiger partial charge in [0, 0.05) is 37.7 Å². The lowest BCUT2D eigenvalue weighted by Gasteiger charge is -2.31. The van der Waals surface area contributed by atoms with Crippen LogP contribution in [-0.2, 0) is 20.9 Å². The van der Waals surface area contributed by atoms with E-state index in [4.69, 9.17) is 14.5 Å². The summed E-state index contributed by atoms with van der Waals surface area (Å²) in [6, 6.07) is 17.6. The summed E-state index contributed by atoms with van der Waals surface area (Å²) in [5, 5.41) is 2.79. The van der Waals surface area contributed by atoms with E-state index in [1.807, 2.05) is 48.5 Å². The molecule has 1 N–H and O–H groups in total. The molecule has 1 atom stereocenters. The number of amides is 2. The Kier molecular flexibility index (Phi) is 9.04. The quantitative estimate of drug-likeness (QED) is 0.550. The zero-order chi connectivity index (χ0) is 26.2. The number of ether oxygens (including phenoxy) is 2. The van der Waals surface area contributed by atoms with Crippen molar-refractivity contribution in [2.45, 2.75) is 51.3 Å². The Labute approximate surface area is 225 Å². The molecular formula is C30H38N4O4. The molecule has 1 saturated carbocycles. The highest BCUT2D eigenvalue weighted by Gasteiger charge is 2.35. The van der Waals surface area contributed by atoms with Gasteiger partial charge >= 0.3 is 6.09 Å². The third kappa shape index (κ3) is 6.60. The number of morpholine rings is 1. The average Bonchev–Trinajstić information content (AvgIpc) is 3.30. The zero-order valence-corrected chi connectivity index (χ0v) is 22.0. The van der Waals surface area contributed by atoms with Gasteiger partial charge in [-0.2, -0.15) is 0 Å². The van der Waals surface area contributed by atoms with Crippen LogP contribution in [0.1, 0.15) is 49.7 Å². The Hall–Kier alpha value is -3.23. The summed E-state index contributed by atoms with van der Waals surface area (Å²) in [5.41, 5.74) is 3.68. The van der Waals surface area contributed by atoms with Crippen molar-refractivity contribution < 1.29 is 19.1 Å². The molecule has 8 nitrogen and oxygen atoms in total. The number of fused-ring (bicyclic) bond motifs is 1. The third-order valence-electron chi connectivity index (χ3n) is 7.69. The second kappa shape index (κ2) is 13.0. The molecule has 0 unspecified atom stereocenters. The summed E-state index contributed by atoms with van der Waals surface area (Å²) in [7, 11) is 0. The van der Waals surface area contributed by atoms with E-state index < -0.39 is 12.3 Å². The number of carbonyl (C=O) groups is 2. The minimum absolute atomic E-state index is 0.133. The molecule has 2 aromatic carbocycles. The Morgan fingerprint density at radius 1 is 0.947 bits per heavy atom. The number of carbonyl (C=O) groups excluding carboxylic acids is 2. The van der Waals surface area contributed by atoms with Gasteiger partial charge in [0.25, 0.3) is 5.91 Å². The minimum atomic E-state index is -1.03. The van der Waals surface area contributed by atoms with Gasteiger partial charge in [0.05, 0.1) is 24.6 Å². The van der Waals surface area contributed by atoms with Crippen LogP contribution >= 0.6 is 0 Å². The molecule has 1 saturated heterocycles. The fourth-order valence-corrected chi connectivity index (χ4v) is 5.60. The Morgan fingerprint density at radius 3 is 2.42 bits per heavy atom. The van der Waals surface area contributed by atoms with Crippen LogP contribution in [0.15, 0.2) is 59.6 Å². The predicted molar refractivity (Wildman–Crippen MR) is 147 cm³/mol. The van der Waals surface area contributed by atoms with E-state index in [1.54, 1.807) is 4.90 Å². The van der Waals surface area contributed by atoms with Crippen molar-refractivity contribution in [2.75, 3.05) is 44.3 Å². The van der Waals surface area contributed by atoms with E-state index in [0.29, 0.717) is 19.8 Å². The van der Waals surface area contributed by atoms with Crippen molar-refractivity contribution in [3.05, 3.63) is 65.7 Å². The lowest BCUT2D eigenvalue weighted by atomic mass is 9.89. The molecule has 0 bridgehead atoms. The molecular weight excluding hydrogens is 480 g/mol. The van der Waals surface area contributed by atoms with Crippen LogP contribution in [0.25, 0.3) is 0 Å². The molecule has 0 aromatic heterocycles. The number of anilines is 1. The third-order valence-corrected chi connectivity index (χ3v) is 7.69. The highest BCUT2D eigenvalue weighted by molar-refractivity contribution is 6.14. The Balaban J connectivity index is 1.41. The molecule has 2 amide bonds. The molecule has 3 aliphatic rings. The summed E-state index contributed by atoms with van der Waals surface area (Å²) in [5.74, 6) is 0.0290. The second-order valence-electron chi connectivity index (χ2n) is 10.3. The first-order valence-corrected chi connectivity index (χ1v) is 13.9. The summed E-state index contributed by atoms with van der Waals surface area (Å²) >= 11 is 0. The maximum absolute atomic E-state index is 14.0. The number of nitrogens with one attached hydrogen (secondary N) is 1. The van der Waals surface area contributed by atoms with Gasteiger partial charge in [-0.15, -0.1) is 0 Å². The maximum atomic E-state index is 14.0. The van der Waals surface area contributed by atoms with Crippen molar-refractivity contribution in [1.29, 1.82) is 0 Å². The molecule has 0 radical (unpaired) electrons. The van der Waals surface area contributed by atoms with Crippen LogP contribution in [0.4, 0.5) is 10.5 Å². The lowest BCUT2D eigenvalue weighted by molar-refractivity contribution is -0.120. The van der Waals surface area contributed by atoms with E-state index in [0.717, 1.165) is 67.8 Å². The molecule has 2 aliphatic heterocycles. The van der Waals surface area contributed by atoms with Gasteiger partial charge in [-0.3, -0.25) is 20.0 Å². The maximum Gasteiger partial charge on any atom is 0.409 e. The van der Waals surface area contributed by atoms with Gasteiger partial charge in [-0.1, -0.05) is 74.2 Å². The largest absolute Gasteiger partial charge is 0.445 e. The number of para-hydroxylation sites is 1. The topological polar surface area (TPSA) is 83.5 Å². The van der Waals surface area contributed by atoms with Crippen LogP contribution in [0, 0.1) is 5.92 Å². The lowest BCUT2D eigenvalue weighted by Crippen LogP contribution is -2.50. The molecule has 38 heavy (non-hydrogen) atoms. The monoisotopic (exact) mass is 518 g/mol. The number of hydrogen-bond donors (Lipinski definition) is 1. The molecule has 2 fully saturated rings. The van der Waals surface area contributed by atoms with Crippen molar-refractivity contribution in [1.82, 2.24) is 10.2 Å². The Bertz CT molecular complexity index is 1110. The van der Waals surface area contributed by atoms with E-state index in [1.165, 1.54) is 12.8 Å². The zero-order valence-electron chi connectivity index (χ0n) is 22.0. The first kappa shape index (κ1) is 26.4. The average molecular weight is 519 g/mol. The fourth-order valence-electron chi connectivity index (χ4n) is 5.60. The first-order valence-electron chi connectivity index (χ1n) is 13.9. The molecule has 202 valence electrons. The molecule has 1 aliphatic carbocycles. The van der Waals surface area contributed by atoms with Gasteiger partial charge in [0.2, 0.25) is 6.17 Å². The molecule has 5 rings (SSSR count). The first-order chi connectivity index (χ1) is 18.7. The van der Waals surface area contributed by atoms with Gasteiger partial charge < -0.3 is 14.4 Å². The van der Waals surface area contributed by atoms with Gasteiger partial charge in [-0.25, -0.2) is 4.79 Å². The van der Waals surface area contributed by atoms with Crippen molar-refractivity contribution in [3.63, 3.8) is 0 Å². The van der Waals surface area contributed by atoms with Crippen LogP contribution in [0.2, 0.25) is 0 Å². The highest BCUT2D eigenvalue weighted by Crippen LogP contribution is 2.33. The van der Waals surface area contributed by atoms with Gasteiger partial charge in [0.15, 0.2) is 0 Å². The standard InChI is InChI=1S/C30H38N4O4/c35-29-28(32-30(36)38-22-23-10-4-3-5-11-23)31-27(24-12-6-1-2-7-13-24)25-14-8-9-15-26(25)34(29)17-16-33-18-20-37-21-19-33/h3-5,8-11,14-15,24,28H,1-2,6-7,12-13,16-22H2,(H,32,36)/t28-/m1/s1. The number of rotatable bonds is 7. The Morgan fingerprint density at radius 2 is 1.66 bits per heavy atom. The second-order valence-corrected chi connectivity index (χ2v) is 10.3. The van der Waals surface area contributed by atoms with Crippen LogP contribution in [0.5, 0.6) is 0 Å². The molecule has 2 heterocycles. The number of nitrogens with zero attached hydrogens (tertiary/aromatic N) is 3.